The Balaban J connectivity index is 1.54. The Bertz CT molecular complexity index is 958. The molecular formula is C18H18BrN5O2. The average Bonchev–Trinajstić information content (AvgIpc) is 3.19. The molecule has 0 fully saturated rings. The maximum atomic E-state index is 10.0. The second-order valence-corrected chi connectivity index (χ2v) is 7.22. The van der Waals surface area contributed by atoms with Gasteiger partial charge in [0.05, 0.1) is 18.5 Å². The molecule has 0 bridgehead atoms. The van der Waals surface area contributed by atoms with E-state index in [9.17, 15) is 10.2 Å². The first-order chi connectivity index (χ1) is 12.6. The van der Waals surface area contributed by atoms with Gasteiger partial charge in [-0.1, -0.05) is 40.2 Å². The zero-order chi connectivity index (χ0) is 18.1. The van der Waals surface area contributed by atoms with Crippen LogP contribution >= 0.6 is 15.9 Å². The molecule has 0 saturated heterocycles. The van der Waals surface area contributed by atoms with Crippen LogP contribution in [0.4, 0.5) is 5.82 Å². The molecule has 26 heavy (non-hydrogen) atoms. The smallest absolute Gasteiger partial charge is 0.165 e. The van der Waals surface area contributed by atoms with Gasteiger partial charge in [0, 0.05) is 23.5 Å². The summed E-state index contributed by atoms with van der Waals surface area (Å²) in [6, 6.07) is 8.05. The van der Waals surface area contributed by atoms with Crippen LogP contribution in [0.3, 0.4) is 0 Å². The Morgan fingerprint density at radius 3 is 2.81 bits per heavy atom. The average molecular weight is 416 g/mol. The third-order valence-corrected chi connectivity index (χ3v) is 5.00. The molecule has 3 atom stereocenters. The molecule has 3 aromatic rings. The van der Waals surface area contributed by atoms with Crippen LogP contribution in [0, 0.1) is 5.92 Å². The minimum atomic E-state index is -0.813. The summed E-state index contributed by atoms with van der Waals surface area (Å²) >= 11 is 3.47. The van der Waals surface area contributed by atoms with Crippen LogP contribution in [-0.2, 0) is 13.1 Å². The van der Waals surface area contributed by atoms with Gasteiger partial charge in [0.2, 0.25) is 0 Å². The summed E-state index contributed by atoms with van der Waals surface area (Å²) in [5.74, 6) is 0.492. The first kappa shape index (κ1) is 17.1. The number of nitrogens with one attached hydrogen (secondary N) is 1. The molecule has 1 aliphatic carbocycles. The lowest BCUT2D eigenvalue weighted by atomic mass is 10.1. The lowest BCUT2D eigenvalue weighted by Crippen LogP contribution is -2.28. The fourth-order valence-corrected chi connectivity index (χ4v) is 3.56. The van der Waals surface area contributed by atoms with Crippen molar-refractivity contribution < 1.29 is 10.2 Å². The molecule has 8 heteroatoms. The van der Waals surface area contributed by atoms with Gasteiger partial charge < -0.3 is 20.1 Å². The molecule has 2 heterocycles. The molecule has 0 amide bonds. The highest BCUT2D eigenvalue weighted by molar-refractivity contribution is 9.10. The van der Waals surface area contributed by atoms with Gasteiger partial charge in [0.15, 0.2) is 11.5 Å². The monoisotopic (exact) mass is 415 g/mol. The number of aliphatic hydroxyl groups is 2. The number of halogens is 1. The van der Waals surface area contributed by atoms with E-state index in [0.29, 0.717) is 30.1 Å². The largest absolute Gasteiger partial charge is 0.389 e. The zero-order valence-corrected chi connectivity index (χ0v) is 15.4. The quantitative estimate of drug-likeness (QED) is 0.552. The van der Waals surface area contributed by atoms with Crippen LogP contribution in [0.1, 0.15) is 5.56 Å². The second kappa shape index (κ2) is 7.14. The first-order valence-electron chi connectivity index (χ1n) is 8.30. The molecule has 0 aliphatic heterocycles. The molecule has 134 valence electrons. The predicted molar refractivity (Wildman–Crippen MR) is 101 cm³/mol. The Morgan fingerprint density at radius 1 is 1.15 bits per heavy atom. The molecule has 1 aromatic carbocycles. The Labute approximate surface area is 158 Å². The maximum Gasteiger partial charge on any atom is 0.165 e. The molecule has 0 unspecified atom stereocenters. The Hall–Kier alpha value is -2.29. The van der Waals surface area contributed by atoms with Crippen molar-refractivity contribution in [3.05, 3.63) is 59.1 Å². The minimum Gasteiger partial charge on any atom is -0.389 e. The minimum absolute atomic E-state index is 0.171. The molecule has 3 N–H and O–H groups in total. The van der Waals surface area contributed by atoms with Crippen molar-refractivity contribution in [2.45, 2.75) is 25.3 Å². The van der Waals surface area contributed by atoms with E-state index in [1.165, 1.54) is 6.33 Å². The fourth-order valence-electron chi connectivity index (χ4n) is 3.11. The van der Waals surface area contributed by atoms with E-state index in [-0.39, 0.29) is 5.92 Å². The summed E-state index contributed by atoms with van der Waals surface area (Å²) in [5, 5.41) is 23.0. The highest BCUT2D eigenvalue weighted by atomic mass is 79.9. The first-order valence-corrected chi connectivity index (χ1v) is 9.10. The van der Waals surface area contributed by atoms with Crippen LogP contribution in [0.5, 0.6) is 0 Å². The third kappa shape index (κ3) is 3.35. The van der Waals surface area contributed by atoms with Gasteiger partial charge in [-0.25, -0.2) is 15.0 Å². The van der Waals surface area contributed by atoms with Gasteiger partial charge in [-0.15, -0.1) is 0 Å². The number of aromatic nitrogens is 4. The normalized spacial score (nSPS) is 22.2. The summed E-state index contributed by atoms with van der Waals surface area (Å²) < 4.78 is 2.90. The highest BCUT2D eigenvalue weighted by Gasteiger charge is 2.29. The third-order valence-electron chi connectivity index (χ3n) is 4.50. The molecule has 0 saturated carbocycles. The lowest BCUT2D eigenvalue weighted by Gasteiger charge is -2.17. The zero-order valence-electron chi connectivity index (χ0n) is 13.8. The molecular weight excluding hydrogens is 398 g/mol. The second-order valence-electron chi connectivity index (χ2n) is 6.30. The van der Waals surface area contributed by atoms with Crippen LogP contribution < -0.4 is 5.32 Å². The van der Waals surface area contributed by atoms with Crippen molar-refractivity contribution in [1.82, 2.24) is 19.5 Å². The number of hydrogen-bond acceptors (Lipinski definition) is 6. The maximum absolute atomic E-state index is 10.0. The molecule has 1 aliphatic rings. The van der Waals surface area contributed by atoms with E-state index in [2.05, 4.69) is 36.2 Å². The summed E-state index contributed by atoms with van der Waals surface area (Å²) in [5.41, 5.74) is 2.50. The predicted octanol–water partition coefficient (Wildman–Crippen LogP) is 2.11. The van der Waals surface area contributed by atoms with E-state index in [1.807, 2.05) is 34.9 Å². The van der Waals surface area contributed by atoms with Crippen molar-refractivity contribution in [3.8, 4) is 0 Å². The number of anilines is 1. The van der Waals surface area contributed by atoms with Crippen LogP contribution in [-0.4, -0.2) is 41.9 Å². The highest BCUT2D eigenvalue weighted by Crippen LogP contribution is 2.24. The number of rotatable bonds is 5. The van der Waals surface area contributed by atoms with E-state index in [0.717, 1.165) is 10.0 Å². The number of aliphatic hydroxyl groups excluding tert-OH is 2. The summed E-state index contributed by atoms with van der Waals surface area (Å²) in [7, 11) is 0. The van der Waals surface area contributed by atoms with Crippen LogP contribution in [0.2, 0.25) is 0 Å². The number of benzene rings is 1. The number of fused-ring (bicyclic) bond motifs is 1. The van der Waals surface area contributed by atoms with Crippen LogP contribution in [0.25, 0.3) is 11.2 Å². The molecule has 4 rings (SSSR count). The van der Waals surface area contributed by atoms with Crippen LogP contribution in [0.15, 0.2) is 53.5 Å². The van der Waals surface area contributed by atoms with E-state index < -0.39 is 12.2 Å². The Morgan fingerprint density at radius 2 is 2.04 bits per heavy atom. The van der Waals surface area contributed by atoms with E-state index >= 15 is 0 Å². The number of imidazole rings is 1. The van der Waals surface area contributed by atoms with Crippen molar-refractivity contribution >= 4 is 32.9 Å². The molecule has 0 radical (unpaired) electrons. The van der Waals surface area contributed by atoms with Gasteiger partial charge >= 0.3 is 0 Å². The molecule has 7 nitrogen and oxygen atoms in total. The molecule has 2 aromatic heterocycles. The van der Waals surface area contributed by atoms with Gasteiger partial charge in [-0.3, -0.25) is 0 Å². The number of hydrogen-bond donors (Lipinski definition) is 3. The fraction of sp³-hybridized carbons (Fsp3) is 0.278. The lowest BCUT2D eigenvalue weighted by molar-refractivity contribution is 0.0298. The van der Waals surface area contributed by atoms with Crippen molar-refractivity contribution in [1.29, 1.82) is 0 Å². The van der Waals surface area contributed by atoms with E-state index in [1.54, 1.807) is 12.4 Å². The summed E-state index contributed by atoms with van der Waals surface area (Å²) in [6.45, 7) is 1.11. The van der Waals surface area contributed by atoms with Crippen molar-refractivity contribution in [2.75, 3.05) is 5.32 Å². The summed E-state index contributed by atoms with van der Waals surface area (Å²) in [6.07, 6.45) is 5.02. The van der Waals surface area contributed by atoms with Crippen molar-refractivity contribution in [2.24, 2.45) is 5.92 Å². The van der Waals surface area contributed by atoms with Gasteiger partial charge in [-0.2, -0.15) is 0 Å². The van der Waals surface area contributed by atoms with Gasteiger partial charge in [0.25, 0.3) is 0 Å². The summed E-state index contributed by atoms with van der Waals surface area (Å²) in [4.78, 5) is 13.1. The van der Waals surface area contributed by atoms with Gasteiger partial charge in [-0.05, 0) is 17.7 Å². The van der Waals surface area contributed by atoms with Gasteiger partial charge in [0.1, 0.15) is 11.8 Å². The SMILES string of the molecule is O[C@@H]1[C@H](O)C=C[C@H]1Cn1cnc2c(NCc3cccc(Br)c3)ncnc21. The standard InChI is InChI=1S/C18H18BrN5O2/c19-13-3-1-2-11(6-13)7-20-17-15-18(22-9-21-17)24(10-23-15)8-12-4-5-14(25)16(12)26/h1-6,9-10,12,14,16,25-26H,7-8H2,(H,20,21,22)/t12-,14+,16-/m0/s1. The van der Waals surface area contributed by atoms with Crippen molar-refractivity contribution in [3.63, 3.8) is 0 Å². The Kier molecular flexibility index (Phi) is 4.71. The van der Waals surface area contributed by atoms with E-state index in [4.69, 9.17) is 0 Å². The molecule has 0 spiro atoms. The topological polar surface area (TPSA) is 96.1 Å². The number of nitrogens with zero attached hydrogens (tertiary/aromatic N) is 4.